The maximum atomic E-state index is 15.1. The molecule has 0 bridgehead atoms. The van der Waals surface area contributed by atoms with Gasteiger partial charge in [0.05, 0.1) is 29.5 Å². The molecule has 1 aliphatic heterocycles. The first-order valence-corrected chi connectivity index (χ1v) is 12.5. The van der Waals surface area contributed by atoms with Gasteiger partial charge in [-0.3, -0.25) is 14.5 Å². The van der Waals surface area contributed by atoms with Crippen molar-refractivity contribution in [3.8, 4) is 11.5 Å². The number of ketones is 1. The number of benzene rings is 3. The molecule has 1 atom stereocenters. The molecule has 0 saturated carbocycles. The van der Waals surface area contributed by atoms with Crippen molar-refractivity contribution >= 4 is 44.1 Å². The number of halogens is 1. The largest absolute Gasteiger partial charge is 0.507 e. The summed E-state index contributed by atoms with van der Waals surface area (Å²) in [6.07, 6.45) is 0.794. The number of Topliss-reactive ketones (excluding diaryl/α,β-unsaturated/α-hetero) is 1. The third-order valence-corrected chi connectivity index (χ3v) is 7.03. The predicted octanol–water partition coefficient (Wildman–Crippen LogP) is 5.86. The number of nitrogens with zero attached hydrogens (tertiary/aromatic N) is 2. The van der Waals surface area contributed by atoms with Crippen molar-refractivity contribution in [1.29, 1.82) is 0 Å². The Bertz CT molecular complexity index is 1550. The molecule has 1 fully saturated rings. The van der Waals surface area contributed by atoms with Crippen LogP contribution < -0.4 is 14.4 Å². The number of amides is 1. The van der Waals surface area contributed by atoms with Crippen molar-refractivity contribution in [2.75, 3.05) is 18.6 Å². The Morgan fingerprint density at radius 3 is 2.65 bits per heavy atom. The summed E-state index contributed by atoms with van der Waals surface area (Å²) >= 11 is 1.17. The van der Waals surface area contributed by atoms with Gasteiger partial charge in [-0.15, -0.1) is 0 Å². The Hall–Kier alpha value is -4.24. The fourth-order valence-corrected chi connectivity index (χ4v) is 5.27. The molecule has 1 saturated heterocycles. The minimum Gasteiger partial charge on any atom is -0.507 e. The molecule has 1 N–H and O–H groups in total. The van der Waals surface area contributed by atoms with E-state index < -0.39 is 29.3 Å². The van der Waals surface area contributed by atoms with E-state index in [2.05, 4.69) is 4.98 Å². The Kier molecular flexibility index (Phi) is 6.62. The van der Waals surface area contributed by atoms with E-state index in [-0.39, 0.29) is 21.8 Å². The lowest BCUT2D eigenvalue weighted by Crippen LogP contribution is -2.29. The van der Waals surface area contributed by atoms with Crippen molar-refractivity contribution in [2.24, 2.45) is 0 Å². The first-order chi connectivity index (χ1) is 17.9. The Morgan fingerprint density at radius 1 is 1.08 bits per heavy atom. The topological polar surface area (TPSA) is 89.0 Å². The highest BCUT2D eigenvalue weighted by molar-refractivity contribution is 7.22. The molecule has 9 heteroatoms. The number of methoxy groups -OCH3 is 1. The number of carbonyl (C=O) groups is 2. The summed E-state index contributed by atoms with van der Waals surface area (Å²) in [7, 11) is 1.54. The summed E-state index contributed by atoms with van der Waals surface area (Å²) in [5.41, 5.74) is 0.718. The summed E-state index contributed by atoms with van der Waals surface area (Å²) < 4.78 is 26.8. The Balaban J connectivity index is 1.69. The zero-order valence-electron chi connectivity index (χ0n) is 20.1. The Morgan fingerprint density at radius 2 is 1.89 bits per heavy atom. The van der Waals surface area contributed by atoms with E-state index in [1.165, 1.54) is 29.5 Å². The molecule has 3 aromatic carbocycles. The highest BCUT2D eigenvalue weighted by atomic mass is 32.1. The van der Waals surface area contributed by atoms with Gasteiger partial charge >= 0.3 is 5.91 Å². The van der Waals surface area contributed by atoms with Crippen LogP contribution in [0, 0.1) is 5.82 Å². The lowest BCUT2D eigenvalue weighted by Gasteiger charge is -2.23. The number of thiazole rings is 1. The molecule has 1 aromatic heterocycles. The molecule has 1 amide bonds. The lowest BCUT2D eigenvalue weighted by molar-refractivity contribution is -0.132. The van der Waals surface area contributed by atoms with Gasteiger partial charge in [-0.2, -0.15) is 0 Å². The fraction of sp³-hybridized carbons (Fsp3) is 0.179. The SMILES string of the molecule is CCCOc1cccc(/C(O)=C2\C(=O)C(=O)N(c3nc4ccc(OC)cc4s3)C2c2ccccc2F)c1. The van der Waals surface area contributed by atoms with Crippen LogP contribution >= 0.6 is 11.3 Å². The van der Waals surface area contributed by atoms with Crippen molar-refractivity contribution in [3.05, 3.63) is 89.2 Å². The maximum absolute atomic E-state index is 15.1. The smallest absolute Gasteiger partial charge is 0.301 e. The number of carbonyl (C=O) groups excluding carboxylic acids is 2. The number of hydrogen-bond donors (Lipinski definition) is 1. The molecule has 188 valence electrons. The average Bonchev–Trinajstić information content (AvgIpc) is 3.45. The molecule has 7 nitrogen and oxygen atoms in total. The van der Waals surface area contributed by atoms with Crippen molar-refractivity contribution in [3.63, 3.8) is 0 Å². The third kappa shape index (κ3) is 4.42. The first-order valence-electron chi connectivity index (χ1n) is 11.7. The monoisotopic (exact) mass is 518 g/mol. The van der Waals surface area contributed by atoms with Gasteiger partial charge in [0.2, 0.25) is 0 Å². The van der Waals surface area contributed by atoms with Crippen LogP contribution in [0.4, 0.5) is 9.52 Å². The molecule has 37 heavy (non-hydrogen) atoms. The minimum atomic E-state index is -1.22. The number of anilines is 1. The van der Waals surface area contributed by atoms with Crippen LogP contribution in [0.1, 0.15) is 30.5 Å². The van der Waals surface area contributed by atoms with Gasteiger partial charge in [-0.25, -0.2) is 9.37 Å². The van der Waals surface area contributed by atoms with Crippen molar-refractivity contribution < 1.29 is 28.6 Å². The molecule has 5 rings (SSSR count). The second-order valence-corrected chi connectivity index (χ2v) is 9.41. The van der Waals surface area contributed by atoms with Crippen molar-refractivity contribution in [1.82, 2.24) is 4.98 Å². The van der Waals surface area contributed by atoms with E-state index >= 15 is 4.39 Å². The highest BCUT2D eigenvalue weighted by Gasteiger charge is 2.49. The van der Waals surface area contributed by atoms with E-state index in [0.717, 1.165) is 16.0 Å². The molecule has 0 radical (unpaired) electrons. The molecular formula is C28H23FN2O5S. The maximum Gasteiger partial charge on any atom is 0.301 e. The molecule has 1 aliphatic rings. The van der Waals surface area contributed by atoms with Crippen LogP contribution in [0.25, 0.3) is 16.0 Å². The lowest BCUT2D eigenvalue weighted by atomic mass is 9.95. The molecular weight excluding hydrogens is 495 g/mol. The number of hydrogen-bond acceptors (Lipinski definition) is 7. The molecule has 0 spiro atoms. The van der Waals surface area contributed by atoms with Gasteiger partial charge in [0.1, 0.15) is 29.1 Å². The van der Waals surface area contributed by atoms with Crippen LogP contribution in [-0.4, -0.2) is 35.5 Å². The number of fused-ring (bicyclic) bond motifs is 1. The van der Waals surface area contributed by atoms with E-state index in [0.29, 0.717) is 23.6 Å². The van der Waals surface area contributed by atoms with E-state index in [9.17, 15) is 14.7 Å². The summed E-state index contributed by atoms with van der Waals surface area (Å²) in [5, 5.41) is 11.5. The number of aliphatic hydroxyl groups excluding tert-OH is 1. The summed E-state index contributed by atoms with van der Waals surface area (Å²) in [5.74, 6) is -1.75. The normalized spacial score (nSPS) is 16.9. The molecule has 4 aromatic rings. The zero-order chi connectivity index (χ0) is 26.1. The number of aromatic nitrogens is 1. The predicted molar refractivity (Wildman–Crippen MR) is 140 cm³/mol. The first kappa shape index (κ1) is 24.5. The van der Waals surface area contributed by atoms with Crippen LogP contribution in [0.5, 0.6) is 11.5 Å². The molecule has 0 aliphatic carbocycles. The fourth-order valence-electron chi connectivity index (χ4n) is 4.25. The van der Waals surface area contributed by atoms with Gasteiger partial charge in [-0.1, -0.05) is 48.6 Å². The summed E-state index contributed by atoms with van der Waals surface area (Å²) in [4.78, 5) is 32.4. The molecule has 1 unspecified atom stereocenters. The van der Waals surface area contributed by atoms with E-state index in [4.69, 9.17) is 9.47 Å². The van der Waals surface area contributed by atoms with Crippen LogP contribution in [0.2, 0.25) is 0 Å². The van der Waals surface area contributed by atoms with Gasteiger partial charge in [0, 0.05) is 11.1 Å². The summed E-state index contributed by atoms with van der Waals surface area (Å²) in [6.45, 7) is 2.45. The third-order valence-electron chi connectivity index (χ3n) is 6.01. The van der Waals surface area contributed by atoms with E-state index in [1.54, 1.807) is 55.6 Å². The van der Waals surface area contributed by atoms with Crippen LogP contribution in [0.3, 0.4) is 0 Å². The quantitative estimate of drug-likeness (QED) is 0.187. The standard InChI is InChI=1S/C28H23FN2O5S/c1-3-13-36-18-8-6-7-16(14-18)25(32)23-24(19-9-4-5-10-20(19)29)31(27(34)26(23)33)28-30-21-12-11-17(35-2)15-22(21)37-28/h4-12,14-15,24,32H,3,13H2,1-2H3/b25-23+. The zero-order valence-corrected chi connectivity index (χ0v) is 20.9. The van der Waals surface area contributed by atoms with Gasteiger partial charge in [-0.05, 0) is 42.8 Å². The summed E-state index contributed by atoms with van der Waals surface area (Å²) in [6, 6.07) is 16.5. The minimum absolute atomic E-state index is 0.0680. The second-order valence-electron chi connectivity index (χ2n) is 8.40. The van der Waals surface area contributed by atoms with Crippen molar-refractivity contribution in [2.45, 2.75) is 19.4 Å². The van der Waals surface area contributed by atoms with Gasteiger partial charge < -0.3 is 14.6 Å². The van der Waals surface area contributed by atoms with Gasteiger partial charge in [0.25, 0.3) is 5.78 Å². The highest BCUT2D eigenvalue weighted by Crippen LogP contribution is 2.45. The van der Waals surface area contributed by atoms with Crippen LogP contribution in [0.15, 0.2) is 72.3 Å². The number of rotatable bonds is 7. The van der Waals surface area contributed by atoms with E-state index in [1.807, 2.05) is 6.92 Å². The Labute approximate surface area is 216 Å². The molecule has 2 heterocycles. The number of aliphatic hydroxyl groups is 1. The number of ether oxygens (including phenoxy) is 2. The second kappa shape index (κ2) is 10.0. The van der Waals surface area contributed by atoms with Gasteiger partial charge in [0.15, 0.2) is 5.13 Å². The van der Waals surface area contributed by atoms with Crippen LogP contribution in [-0.2, 0) is 9.59 Å². The average molecular weight is 519 g/mol.